The van der Waals surface area contributed by atoms with Gasteiger partial charge in [0.05, 0.1) is 0 Å². The predicted octanol–water partition coefficient (Wildman–Crippen LogP) is 7.82. The van der Waals surface area contributed by atoms with E-state index in [4.69, 9.17) is 9.47 Å². The van der Waals surface area contributed by atoms with Crippen LogP contribution in [0.4, 0.5) is 0 Å². The summed E-state index contributed by atoms with van der Waals surface area (Å²) in [5, 5.41) is 0. The largest absolute Gasteiger partial charge is 0.489 e. The van der Waals surface area contributed by atoms with Crippen molar-refractivity contribution in [1.29, 1.82) is 0 Å². The summed E-state index contributed by atoms with van der Waals surface area (Å²) >= 11 is 0. The average Bonchev–Trinajstić information content (AvgIpc) is 2.87. The normalized spacial score (nSPS) is 10.4. The van der Waals surface area contributed by atoms with Crippen molar-refractivity contribution in [3.8, 4) is 44.9 Å². The van der Waals surface area contributed by atoms with Crippen LogP contribution in [-0.2, 0) is 0 Å². The van der Waals surface area contributed by atoms with Crippen molar-refractivity contribution in [2.45, 2.75) is 0 Å². The molecule has 0 spiro atoms. The minimum Gasteiger partial charge on any atom is -0.489 e. The summed E-state index contributed by atoms with van der Waals surface area (Å²) in [5.41, 5.74) is 6.56. The molecule has 0 aliphatic heterocycles. The maximum Gasteiger partial charge on any atom is 0.127 e. The second-order valence-electron chi connectivity index (χ2n) is 7.35. The van der Waals surface area contributed by atoms with Crippen molar-refractivity contribution < 1.29 is 9.47 Å². The Bertz CT molecular complexity index is 1100. The van der Waals surface area contributed by atoms with Crippen LogP contribution in [-0.4, -0.2) is 13.2 Å². The fraction of sp³-hybridized carbons (Fsp3) is 0.0667. The quantitative estimate of drug-likeness (QED) is 0.258. The maximum absolute atomic E-state index is 5.94. The van der Waals surface area contributed by atoms with Crippen molar-refractivity contribution in [2.75, 3.05) is 13.2 Å². The molecule has 0 N–H and O–H groups in total. The van der Waals surface area contributed by atoms with Crippen molar-refractivity contribution in [3.63, 3.8) is 0 Å². The molecule has 2 nitrogen and oxygen atoms in total. The summed E-state index contributed by atoms with van der Waals surface area (Å²) in [6, 6.07) is 33.2. The number of rotatable bonds is 9. The van der Waals surface area contributed by atoms with E-state index < -0.39 is 0 Å². The molecule has 0 fully saturated rings. The first-order valence-electron chi connectivity index (χ1n) is 10.7. The molecule has 0 saturated heterocycles. The van der Waals surface area contributed by atoms with Gasteiger partial charge in [0.15, 0.2) is 0 Å². The Hall–Kier alpha value is -4.04. The molecule has 4 aromatic carbocycles. The Balaban J connectivity index is 1.80. The summed E-state index contributed by atoms with van der Waals surface area (Å²) in [6.45, 7) is 8.47. The van der Waals surface area contributed by atoms with E-state index in [-0.39, 0.29) is 0 Å². The first kappa shape index (κ1) is 21.2. The molecule has 0 aromatic heterocycles. The van der Waals surface area contributed by atoms with E-state index in [9.17, 15) is 0 Å². The molecule has 0 amide bonds. The standard InChI is InChI=1S/C30H26O2/c1-3-19-31-29-17-15-25(21-27(29)23-11-7-5-8-12-23)26-16-18-30(32-20-4-2)28(22-26)24-13-9-6-10-14-24/h3-18,21-22H,1-2,19-20H2. The lowest BCUT2D eigenvalue weighted by Crippen LogP contribution is -1.97. The second kappa shape index (κ2) is 10.3. The molecule has 0 radical (unpaired) electrons. The summed E-state index contributed by atoms with van der Waals surface area (Å²) in [6.07, 6.45) is 3.52. The van der Waals surface area contributed by atoms with Crippen molar-refractivity contribution in [1.82, 2.24) is 0 Å². The average molecular weight is 419 g/mol. The van der Waals surface area contributed by atoms with E-state index in [2.05, 4.69) is 61.7 Å². The summed E-state index contributed by atoms with van der Waals surface area (Å²) in [5.74, 6) is 1.68. The molecule has 158 valence electrons. The molecule has 0 atom stereocenters. The highest BCUT2D eigenvalue weighted by Crippen LogP contribution is 2.38. The van der Waals surface area contributed by atoms with Gasteiger partial charge in [-0.05, 0) is 46.5 Å². The third kappa shape index (κ3) is 4.81. The van der Waals surface area contributed by atoms with Crippen LogP contribution < -0.4 is 9.47 Å². The van der Waals surface area contributed by atoms with Gasteiger partial charge in [0.2, 0.25) is 0 Å². The van der Waals surface area contributed by atoms with Crippen LogP contribution in [0.5, 0.6) is 11.5 Å². The zero-order chi connectivity index (χ0) is 22.2. The van der Waals surface area contributed by atoms with Crippen LogP contribution in [0.25, 0.3) is 33.4 Å². The summed E-state index contributed by atoms with van der Waals surface area (Å²) in [4.78, 5) is 0. The Morgan fingerprint density at radius 3 is 1.28 bits per heavy atom. The third-order valence-corrected chi connectivity index (χ3v) is 5.18. The van der Waals surface area contributed by atoms with Crippen LogP contribution in [0, 0.1) is 0 Å². The fourth-order valence-electron chi connectivity index (χ4n) is 3.65. The summed E-state index contributed by atoms with van der Waals surface area (Å²) in [7, 11) is 0. The first-order chi connectivity index (χ1) is 15.8. The highest BCUT2D eigenvalue weighted by Gasteiger charge is 2.12. The second-order valence-corrected chi connectivity index (χ2v) is 7.35. The molecule has 32 heavy (non-hydrogen) atoms. The van der Waals surface area contributed by atoms with Gasteiger partial charge in [-0.2, -0.15) is 0 Å². The van der Waals surface area contributed by atoms with Gasteiger partial charge in [0.25, 0.3) is 0 Å². The lowest BCUT2D eigenvalue weighted by Gasteiger charge is -2.15. The van der Waals surface area contributed by atoms with Crippen LogP contribution in [0.3, 0.4) is 0 Å². The van der Waals surface area contributed by atoms with E-state index in [0.717, 1.165) is 44.9 Å². The van der Waals surface area contributed by atoms with Gasteiger partial charge in [0.1, 0.15) is 24.7 Å². The first-order valence-corrected chi connectivity index (χ1v) is 10.7. The highest BCUT2D eigenvalue weighted by molar-refractivity contribution is 5.81. The van der Waals surface area contributed by atoms with Crippen LogP contribution >= 0.6 is 0 Å². The van der Waals surface area contributed by atoms with Crippen LogP contribution in [0.15, 0.2) is 122 Å². The van der Waals surface area contributed by atoms with E-state index in [1.54, 1.807) is 12.2 Å². The Morgan fingerprint density at radius 2 is 0.906 bits per heavy atom. The Kier molecular flexibility index (Phi) is 6.84. The highest BCUT2D eigenvalue weighted by atomic mass is 16.5. The zero-order valence-corrected chi connectivity index (χ0v) is 18.0. The minimum atomic E-state index is 0.465. The predicted molar refractivity (Wildman–Crippen MR) is 134 cm³/mol. The third-order valence-electron chi connectivity index (χ3n) is 5.18. The maximum atomic E-state index is 5.94. The SMILES string of the molecule is C=CCOc1ccc(-c2ccc(OCC=C)c(-c3ccccc3)c2)cc1-c1ccccc1. The molecule has 4 rings (SSSR count). The van der Waals surface area contributed by atoms with Gasteiger partial charge in [-0.25, -0.2) is 0 Å². The van der Waals surface area contributed by atoms with Crippen molar-refractivity contribution in [3.05, 3.63) is 122 Å². The van der Waals surface area contributed by atoms with Crippen molar-refractivity contribution >= 4 is 0 Å². The summed E-state index contributed by atoms with van der Waals surface area (Å²) < 4.78 is 11.9. The fourth-order valence-corrected chi connectivity index (χ4v) is 3.65. The van der Waals surface area contributed by atoms with Gasteiger partial charge in [-0.3, -0.25) is 0 Å². The molecule has 0 unspecified atom stereocenters. The number of hydrogen-bond acceptors (Lipinski definition) is 2. The van der Waals surface area contributed by atoms with E-state index in [1.807, 2.05) is 48.5 Å². The molecular formula is C30H26O2. The molecule has 0 bridgehead atoms. The molecule has 4 aromatic rings. The van der Waals surface area contributed by atoms with Gasteiger partial charge in [-0.15, -0.1) is 0 Å². The number of ether oxygens (including phenoxy) is 2. The number of hydrogen-bond donors (Lipinski definition) is 0. The Morgan fingerprint density at radius 1 is 0.500 bits per heavy atom. The number of benzene rings is 4. The lowest BCUT2D eigenvalue weighted by atomic mass is 9.95. The minimum absolute atomic E-state index is 0.465. The lowest BCUT2D eigenvalue weighted by molar-refractivity contribution is 0.364. The van der Waals surface area contributed by atoms with E-state index in [1.165, 1.54) is 0 Å². The molecule has 0 aliphatic carbocycles. The van der Waals surface area contributed by atoms with Gasteiger partial charge in [0, 0.05) is 11.1 Å². The smallest absolute Gasteiger partial charge is 0.127 e. The molecule has 0 saturated carbocycles. The van der Waals surface area contributed by atoms with E-state index in [0.29, 0.717) is 13.2 Å². The molecular weight excluding hydrogens is 392 g/mol. The Labute approximate surface area is 190 Å². The van der Waals surface area contributed by atoms with Gasteiger partial charge >= 0.3 is 0 Å². The molecule has 2 heteroatoms. The zero-order valence-electron chi connectivity index (χ0n) is 18.0. The molecule has 0 heterocycles. The van der Waals surface area contributed by atoms with Crippen LogP contribution in [0.2, 0.25) is 0 Å². The molecule has 0 aliphatic rings. The monoisotopic (exact) mass is 418 g/mol. The van der Waals surface area contributed by atoms with Gasteiger partial charge in [-0.1, -0.05) is 98.1 Å². The van der Waals surface area contributed by atoms with Crippen LogP contribution in [0.1, 0.15) is 0 Å². The van der Waals surface area contributed by atoms with Crippen molar-refractivity contribution in [2.24, 2.45) is 0 Å². The van der Waals surface area contributed by atoms with Gasteiger partial charge < -0.3 is 9.47 Å². The topological polar surface area (TPSA) is 18.5 Å². The van der Waals surface area contributed by atoms with E-state index >= 15 is 0 Å².